The van der Waals surface area contributed by atoms with E-state index >= 15 is 0 Å². The van der Waals surface area contributed by atoms with E-state index in [1.165, 1.54) is 18.4 Å². The molecule has 0 radical (unpaired) electrons. The molecule has 0 bridgehead atoms. The topological polar surface area (TPSA) is 51.4 Å². The highest BCUT2D eigenvalue weighted by atomic mass is 16.5. The van der Waals surface area contributed by atoms with Crippen molar-refractivity contribution in [3.05, 3.63) is 23.4 Å². The van der Waals surface area contributed by atoms with Crippen LogP contribution in [0.15, 0.2) is 16.1 Å². The molecule has 0 unspecified atom stereocenters. The van der Waals surface area contributed by atoms with Gasteiger partial charge in [-0.25, -0.2) is 0 Å². The van der Waals surface area contributed by atoms with E-state index < -0.39 is 0 Å². The van der Waals surface area contributed by atoms with Crippen LogP contribution in [0.25, 0.3) is 0 Å². The SMILES string of the molecule is CC1=CC2(CCN(Cc3nnc(C4CC4)o3)CC2)OCC1. The lowest BCUT2D eigenvalue weighted by Crippen LogP contribution is -2.46. The number of aromatic nitrogens is 2. The Bertz CT molecular complexity index is 539. The number of hydrogen-bond acceptors (Lipinski definition) is 5. The first kappa shape index (κ1) is 13.5. The largest absolute Gasteiger partial charge is 0.424 e. The second kappa shape index (κ2) is 5.21. The molecule has 114 valence electrons. The number of hydrogen-bond donors (Lipinski definition) is 0. The van der Waals surface area contributed by atoms with Crippen LogP contribution >= 0.6 is 0 Å². The highest BCUT2D eigenvalue weighted by Gasteiger charge is 2.36. The van der Waals surface area contributed by atoms with Crippen molar-refractivity contribution in [3.8, 4) is 0 Å². The van der Waals surface area contributed by atoms with Gasteiger partial charge in [-0.15, -0.1) is 10.2 Å². The van der Waals surface area contributed by atoms with E-state index in [0.29, 0.717) is 5.92 Å². The molecule has 1 spiro atoms. The highest BCUT2D eigenvalue weighted by Crippen LogP contribution is 2.39. The minimum absolute atomic E-state index is 0.00709. The fraction of sp³-hybridized carbons (Fsp3) is 0.750. The molecule has 21 heavy (non-hydrogen) atoms. The molecule has 1 aliphatic carbocycles. The summed E-state index contributed by atoms with van der Waals surface area (Å²) in [4.78, 5) is 2.40. The zero-order chi connectivity index (χ0) is 14.3. The molecule has 2 fully saturated rings. The number of rotatable bonds is 3. The summed E-state index contributed by atoms with van der Waals surface area (Å²) < 4.78 is 11.8. The summed E-state index contributed by atoms with van der Waals surface area (Å²) in [5.41, 5.74) is 1.47. The average molecular weight is 289 g/mol. The normalized spacial score (nSPS) is 26.0. The predicted octanol–water partition coefficient (Wildman–Crippen LogP) is 2.65. The van der Waals surface area contributed by atoms with Crippen LogP contribution in [-0.4, -0.2) is 40.4 Å². The van der Waals surface area contributed by atoms with Crippen LogP contribution in [0.5, 0.6) is 0 Å². The maximum Gasteiger partial charge on any atom is 0.230 e. The summed E-state index contributed by atoms with van der Waals surface area (Å²) in [6.07, 6.45) is 7.97. The monoisotopic (exact) mass is 289 g/mol. The Morgan fingerprint density at radius 3 is 2.81 bits per heavy atom. The van der Waals surface area contributed by atoms with Gasteiger partial charge in [0.25, 0.3) is 0 Å². The molecule has 1 saturated carbocycles. The Morgan fingerprint density at radius 2 is 2.10 bits per heavy atom. The summed E-state index contributed by atoms with van der Waals surface area (Å²) >= 11 is 0. The summed E-state index contributed by atoms with van der Waals surface area (Å²) in [5, 5.41) is 8.35. The first-order valence-corrected chi connectivity index (χ1v) is 8.09. The smallest absolute Gasteiger partial charge is 0.230 e. The first-order valence-electron chi connectivity index (χ1n) is 8.09. The number of likely N-dealkylation sites (tertiary alicyclic amines) is 1. The standard InChI is InChI=1S/C16H23N3O2/c1-12-4-9-20-16(10-12)5-7-19(8-6-16)11-14-17-18-15(21-14)13-2-3-13/h10,13H,2-9,11H2,1H3. The van der Waals surface area contributed by atoms with Crippen LogP contribution in [-0.2, 0) is 11.3 Å². The number of piperidine rings is 1. The Hall–Kier alpha value is -1.20. The minimum Gasteiger partial charge on any atom is -0.424 e. The van der Waals surface area contributed by atoms with Crippen molar-refractivity contribution in [1.82, 2.24) is 15.1 Å². The van der Waals surface area contributed by atoms with E-state index in [9.17, 15) is 0 Å². The second-order valence-electron chi connectivity index (χ2n) is 6.74. The molecule has 5 nitrogen and oxygen atoms in total. The van der Waals surface area contributed by atoms with Crippen LogP contribution in [0, 0.1) is 0 Å². The zero-order valence-corrected chi connectivity index (χ0v) is 12.7. The van der Waals surface area contributed by atoms with E-state index in [2.05, 4.69) is 28.1 Å². The quantitative estimate of drug-likeness (QED) is 0.801. The van der Waals surface area contributed by atoms with Gasteiger partial charge in [0, 0.05) is 19.0 Å². The van der Waals surface area contributed by atoms with Crippen molar-refractivity contribution in [1.29, 1.82) is 0 Å². The van der Waals surface area contributed by atoms with Crippen molar-refractivity contribution >= 4 is 0 Å². The summed E-state index contributed by atoms with van der Waals surface area (Å²) in [6, 6.07) is 0. The zero-order valence-electron chi connectivity index (χ0n) is 12.7. The Morgan fingerprint density at radius 1 is 1.29 bits per heavy atom. The van der Waals surface area contributed by atoms with Crippen LogP contribution in [0.2, 0.25) is 0 Å². The predicted molar refractivity (Wildman–Crippen MR) is 77.8 cm³/mol. The van der Waals surface area contributed by atoms with Gasteiger partial charge >= 0.3 is 0 Å². The van der Waals surface area contributed by atoms with Crippen LogP contribution in [0.1, 0.15) is 56.7 Å². The van der Waals surface area contributed by atoms with Crippen molar-refractivity contribution < 1.29 is 9.15 Å². The number of ether oxygens (including phenoxy) is 1. The fourth-order valence-electron chi connectivity index (χ4n) is 3.37. The molecule has 3 heterocycles. The Labute approximate surface area is 125 Å². The molecule has 0 aromatic carbocycles. The second-order valence-corrected chi connectivity index (χ2v) is 6.74. The lowest BCUT2D eigenvalue weighted by atomic mass is 9.87. The van der Waals surface area contributed by atoms with Gasteiger partial charge in [-0.1, -0.05) is 11.6 Å². The van der Waals surface area contributed by atoms with E-state index in [1.807, 2.05) is 0 Å². The van der Waals surface area contributed by atoms with Crippen LogP contribution < -0.4 is 0 Å². The fourth-order valence-corrected chi connectivity index (χ4v) is 3.37. The third-order valence-corrected chi connectivity index (χ3v) is 4.87. The van der Waals surface area contributed by atoms with Crippen molar-refractivity contribution in [2.24, 2.45) is 0 Å². The first-order chi connectivity index (χ1) is 10.2. The van der Waals surface area contributed by atoms with Crippen molar-refractivity contribution in [2.45, 2.75) is 57.1 Å². The van der Waals surface area contributed by atoms with Gasteiger partial charge in [-0.2, -0.15) is 0 Å². The maximum absolute atomic E-state index is 6.06. The summed E-state index contributed by atoms with van der Waals surface area (Å²) in [7, 11) is 0. The lowest BCUT2D eigenvalue weighted by molar-refractivity contribution is -0.0586. The molecule has 1 saturated heterocycles. The van der Waals surface area contributed by atoms with Gasteiger partial charge in [-0.05, 0) is 39.0 Å². The molecule has 5 heteroatoms. The Kier molecular flexibility index (Phi) is 3.34. The molecule has 1 aromatic rings. The van der Waals surface area contributed by atoms with Crippen molar-refractivity contribution in [3.63, 3.8) is 0 Å². The van der Waals surface area contributed by atoms with E-state index in [-0.39, 0.29) is 5.60 Å². The highest BCUT2D eigenvalue weighted by molar-refractivity contribution is 5.14. The minimum atomic E-state index is -0.00709. The van der Waals surface area contributed by atoms with E-state index in [0.717, 1.165) is 57.3 Å². The molecule has 0 amide bonds. The van der Waals surface area contributed by atoms with Gasteiger partial charge in [0.15, 0.2) is 0 Å². The molecule has 2 aliphatic heterocycles. The van der Waals surface area contributed by atoms with Gasteiger partial charge in [0.1, 0.15) is 0 Å². The Balaban J connectivity index is 1.35. The van der Waals surface area contributed by atoms with Gasteiger partial charge in [-0.3, -0.25) is 4.90 Å². The molecular weight excluding hydrogens is 266 g/mol. The lowest BCUT2D eigenvalue weighted by Gasteiger charge is -2.41. The molecule has 4 rings (SSSR count). The maximum atomic E-state index is 6.06. The summed E-state index contributed by atoms with van der Waals surface area (Å²) in [5.74, 6) is 2.15. The molecule has 0 atom stereocenters. The molecular formula is C16H23N3O2. The number of nitrogens with zero attached hydrogens (tertiary/aromatic N) is 3. The van der Waals surface area contributed by atoms with E-state index in [1.54, 1.807) is 0 Å². The van der Waals surface area contributed by atoms with Crippen LogP contribution in [0.3, 0.4) is 0 Å². The molecule has 1 aromatic heterocycles. The van der Waals surface area contributed by atoms with Gasteiger partial charge in [0.2, 0.25) is 11.8 Å². The van der Waals surface area contributed by atoms with Gasteiger partial charge in [0.05, 0.1) is 18.8 Å². The average Bonchev–Trinajstić information content (AvgIpc) is 3.22. The third kappa shape index (κ3) is 2.90. The molecule has 3 aliphatic rings. The van der Waals surface area contributed by atoms with Crippen molar-refractivity contribution in [2.75, 3.05) is 19.7 Å². The van der Waals surface area contributed by atoms with E-state index in [4.69, 9.17) is 9.15 Å². The summed E-state index contributed by atoms with van der Waals surface area (Å²) in [6.45, 7) is 5.93. The third-order valence-electron chi connectivity index (χ3n) is 4.87. The molecule has 0 N–H and O–H groups in total. The van der Waals surface area contributed by atoms with Gasteiger partial charge < -0.3 is 9.15 Å². The van der Waals surface area contributed by atoms with Crippen LogP contribution in [0.4, 0.5) is 0 Å².